The van der Waals surface area contributed by atoms with Crippen molar-refractivity contribution in [2.75, 3.05) is 5.32 Å². The average molecular weight is 396 g/mol. The Hall–Kier alpha value is -3.26. The Morgan fingerprint density at radius 2 is 2.00 bits per heavy atom. The molecule has 144 valence electrons. The third-order valence-corrected chi connectivity index (χ3v) is 5.24. The van der Waals surface area contributed by atoms with Crippen molar-refractivity contribution in [2.45, 2.75) is 19.8 Å². The van der Waals surface area contributed by atoms with Crippen molar-refractivity contribution in [3.63, 3.8) is 0 Å². The van der Waals surface area contributed by atoms with Gasteiger partial charge in [-0.2, -0.15) is 0 Å². The van der Waals surface area contributed by atoms with Gasteiger partial charge in [0.1, 0.15) is 0 Å². The van der Waals surface area contributed by atoms with E-state index in [0.29, 0.717) is 10.5 Å². The van der Waals surface area contributed by atoms with E-state index in [1.807, 2.05) is 41.3 Å². The minimum absolute atomic E-state index is 0.00541. The Kier molecular flexibility index (Phi) is 6.00. The molecule has 1 N–H and O–H groups in total. The van der Waals surface area contributed by atoms with Crippen LogP contribution in [0.4, 0.5) is 17.1 Å². The van der Waals surface area contributed by atoms with E-state index in [4.69, 9.17) is 0 Å². The number of nitro benzene ring substituents is 1. The normalized spacial score (nSPS) is 11.4. The number of nitro groups is 1. The van der Waals surface area contributed by atoms with Crippen LogP contribution in [0.1, 0.15) is 18.2 Å². The molecule has 1 aromatic heterocycles. The van der Waals surface area contributed by atoms with Crippen LogP contribution in [0.15, 0.2) is 58.9 Å². The van der Waals surface area contributed by atoms with Crippen LogP contribution < -0.4 is 10.1 Å². The zero-order valence-electron chi connectivity index (χ0n) is 15.6. The Labute approximate surface area is 166 Å². The van der Waals surface area contributed by atoms with Crippen LogP contribution in [0.3, 0.4) is 0 Å². The van der Waals surface area contributed by atoms with E-state index >= 15 is 0 Å². The number of benzene rings is 2. The first kappa shape index (κ1) is 19.5. The molecular formula is C20H20N4O3S. The standard InChI is InChI=1S/C20H20N4O3S/c1-3-14-7-9-15(10-8-14)21-19(25)12-18-13-28-20(23(18)2)22-16-5-4-6-17(11-16)24(26)27/h4-11,13H,3,12H2,1-2H3,(H,21,25). The van der Waals surface area contributed by atoms with Gasteiger partial charge in [-0.25, -0.2) is 4.99 Å². The van der Waals surface area contributed by atoms with E-state index in [-0.39, 0.29) is 18.0 Å². The molecule has 1 amide bonds. The number of thiazole rings is 1. The van der Waals surface area contributed by atoms with Crippen molar-refractivity contribution >= 4 is 34.3 Å². The van der Waals surface area contributed by atoms with Gasteiger partial charge in [0.05, 0.1) is 17.0 Å². The number of aromatic nitrogens is 1. The summed E-state index contributed by atoms with van der Waals surface area (Å²) in [6.07, 6.45) is 1.17. The van der Waals surface area contributed by atoms with Gasteiger partial charge in [0, 0.05) is 35.9 Å². The molecule has 0 bridgehead atoms. The lowest BCUT2D eigenvalue weighted by molar-refractivity contribution is -0.384. The summed E-state index contributed by atoms with van der Waals surface area (Å²) in [7, 11) is 1.82. The van der Waals surface area contributed by atoms with Crippen LogP contribution >= 0.6 is 11.3 Å². The maximum Gasteiger partial charge on any atom is 0.271 e. The zero-order valence-corrected chi connectivity index (χ0v) is 16.4. The smallest absolute Gasteiger partial charge is 0.271 e. The number of hydrogen-bond acceptors (Lipinski definition) is 5. The summed E-state index contributed by atoms with van der Waals surface area (Å²) in [5.74, 6) is -0.112. The first-order valence-corrected chi connectivity index (χ1v) is 9.65. The number of nitrogens with one attached hydrogen (secondary N) is 1. The van der Waals surface area contributed by atoms with Crippen LogP contribution in [0.25, 0.3) is 0 Å². The minimum atomic E-state index is -0.448. The van der Waals surface area contributed by atoms with Crippen molar-refractivity contribution < 1.29 is 9.72 Å². The number of anilines is 1. The zero-order chi connectivity index (χ0) is 20.1. The van der Waals surface area contributed by atoms with Crippen LogP contribution in [0.5, 0.6) is 0 Å². The maximum atomic E-state index is 12.4. The second kappa shape index (κ2) is 8.62. The van der Waals surface area contributed by atoms with Gasteiger partial charge in [-0.15, -0.1) is 11.3 Å². The lowest BCUT2D eigenvalue weighted by atomic mass is 10.1. The number of rotatable bonds is 6. The van der Waals surface area contributed by atoms with Crippen molar-refractivity contribution in [2.24, 2.45) is 12.0 Å². The highest BCUT2D eigenvalue weighted by molar-refractivity contribution is 7.07. The fourth-order valence-corrected chi connectivity index (χ4v) is 3.56. The van der Waals surface area contributed by atoms with Gasteiger partial charge < -0.3 is 9.88 Å². The number of carbonyl (C=O) groups excluding carboxylic acids is 1. The molecule has 28 heavy (non-hydrogen) atoms. The van der Waals surface area contributed by atoms with E-state index in [0.717, 1.165) is 17.8 Å². The summed E-state index contributed by atoms with van der Waals surface area (Å²) in [5.41, 5.74) is 3.29. The minimum Gasteiger partial charge on any atom is -0.326 e. The number of aryl methyl sites for hydroxylation is 1. The fourth-order valence-electron chi connectivity index (χ4n) is 2.64. The highest BCUT2D eigenvalue weighted by atomic mass is 32.1. The van der Waals surface area contributed by atoms with Gasteiger partial charge in [0.2, 0.25) is 5.91 Å². The average Bonchev–Trinajstić information content (AvgIpc) is 3.02. The Morgan fingerprint density at radius 1 is 1.25 bits per heavy atom. The molecule has 0 unspecified atom stereocenters. The summed E-state index contributed by atoms with van der Waals surface area (Å²) < 4.78 is 1.82. The topological polar surface area (TPSA) is 89.5 Å². The lowest BCUT2D eigenvalue weighted by Gasteiger charge is -2.06. The molecule has 0 saturated carbocycles. The van der Waals surface area contributed by atoms with Crippen LogP contribution in [-0.2, 0) is 24.7 Å². The summed E-state index contributed by atoms with van der Waals surface area (Å²) in [5, 5.41) is 15.7. The third-order valence-electron chi connectivity index (χ3n) is 4.27. The molecule has 7 nitrogen and oxygen atoms in total. The number of hydrogen-bond donors (Lipinski definition) is 1. The van der Waals surface area contributed by atoms with Crippen molar-refractivity contribution in [3.05, 3.63) is 80.1 Å². The molecule has 0 radical (unpaired) electrons. The summed E-state index contributed by atoms with van der Waals surface area (Å²) in [4.78, 5) is 27.9. The Bertz CT molecular complexity index is 1070. The second-order valence-electron chi connectivity index (χ2n) is 6.23. The molecule has 2 aromatic carbocycles. The Morgan fingerprint density at radius 3 is 2.68 bits per heavy atom. The summed E-state index contributed by atoms with van der Waals surface area (Å²) in [6.45, 7) is 2.08. The molecule has 0 spiro atoms. The molecule has 0 aliphatic heterocycles. The summed E-state index contributed by atoms with van der Waals surface area (Å²) in [6, 6.07) is 13.9. The third kappa shape index (κ3) is 4.72. The van der Waals surface area contributed by atoms with E-state index in [9.17, 15) is 14.9 Å². The quantitative estimate of drug-likeness (QED) is 0.505. The molecule has 3 aromatic rings. The van der Waals surface area contributed by atoms with Crippen molar-refractivity contribution in [1.29, 1.82) is 0 Å². The predicted octanol–water partition coefficient (Wildman–Crippen LogP) is 3.97. The van der Waals surface area contributed by atoms with Gasteiger partial charge in [0.25, 0.3) is 5.69 Å². The molecule has 0 atom stereocenters. The molecule has 3 rings (SSSR count). The SMILES string of the molecule is CCc1ccc(NC(=O)Cc2csc(=Nc3cccc([N+](=O)[O-])c3)n2C)cc1. The van der Waals surface area contributed by atoms with Gasteiger partial charge in [-0.3, -0.25) is 14.9 Å². The molecular weight excluding hydrogens is 376 g/mol. The molecule has 0 saturated heterocycles. The predicted molar refractivity (Wildman–Crippen MR) is 110 cm³/mol. The van der Waals surface area contributed by atoms with Crippen LogP contribution in [-0.4, -0.2) is 15.4 Å². The van der Waals surface area contributed by atoms with Crippen molar-refractivity contribution in [1.82, 2.24) is 4.57 Å². The van der Waals surface area contributed by atoms with Crippen molar-refractivity contribution in [3.8, 4) is 0 Å². The molecule has 0 fully saturated rings. The number of amides is 1. The van der Waals surface area contributed by atoms with Gasteiger partial charge in [-0.05, 0) is 30.2 Å². The molecule has 0 aliphatic rings. The van der Waals surface area contributed by atoms with E-state index in [1.165, 1.54) is 29.0 Å². The maximum absolute atomic E-state index is 12.4. The molecule has 0 aliphatic carbocycles. The molecule has 8 heteroatoms. The van der Waals surface area contributed by atoms with E-state index in [1.54, 1.807) is 12.1 Å². The van der Waals surface area contributed by atoms with Crippen LogP contribution in [0, 0.1) is 10.1 Å². The largest absolute Gasteiger partial charge is 0.326 e. The summed E-state index contributed by atoms with van der Waals surface area (Å²) >= 11 is 1.38. The fraction of sp³-hybridized carbons (Fsp3) is 0.200. The van der Waals surface area contributed by atoms with Gasteiger partial charge >= 0.3 is 0 Å². The number of non-ortho nitro benzene ring substituents is 1. The van der Waals surface area contributed by atoms with E-state index in [2.05, 4.69) is 17.2 Å². The van der Waals surface area contributed by atoms with Gasteiger partial charge in [-0.1, -0.05) is 25.1 Å². The van der Waals surface area contributed by atoms with E-state index < -0.39 is 4.92 Å². The Balaban J connectivity index is 1.74. The first-order chi connectivity index (χ1) is 13.5. The first-order valence-electron chi connectivity index (χ1n) is 8.77. The highest BCUT2D eigenvalue weighted by Crippen LogP contribution is 2.19. The lowest BCUT2D eigenvalue weighted by Crippen LogP contribution is -2.19. The molecule has 1 heterocycles. The number of nitrogens with zero attached hydrogens (tertiary/aromatic N) is 3. The highest BCUT2D eigenvalue weighted by Gasteiger charge is 2.10. The van der Waals surface area contributed by atoms with Gasteiger partial charge in [0.15, 0.2) is 4.80 Å². The van der Waals surface area contributed by atoms with Crippen LogP contribution in [0.2, 0.25) is 0 Å². The monoisotopic (exact) mass is 396 g/mol. The number of carbonyl (C=O) groups is 1. The second-order valence-corrected chi connectivity index (χ2v) is 7.07.